The lowest BCUT2D eigenvalue weighted by Crippen LogP contribution is -1.93. The van der Waals surface area contributed by atoms with Gasteiger partial charge >= 0.3 is 11.9 Å². The van der Waals surface area contributed by atoms with Crippen LogP contribution in [0.1, 0.15) is 188 Å². The minimum absolute atomic E-state index is 0.343. The van der Waals surface area contributed by atoms with Gasteiger partial charge in [0.25, 0.3) is 5.97 Å². The highest BCUT2D eigenvalue weighted by Gasteiger charge is 1.98. The molecule has 0 aromatic rings. The highest BCUT2D eigenvalue weighted by atomic mass is 31.0. The van der Waals surface area contributed by atoms with Crippen molar-refractivity contribution in [2.75, 3.05) is 0 Å². The summed E-state index contributed by atoms with van der Waals surface area (Å²) < 4.78 is 0. The normalized spacial score (nSPS) is 9.82. The maximum Gasteiger partial charge on any atom is 0.303 e. The number of rotatable bonds is 26. The summed E-state index contributed by atoms with van der Waals surface area (Å²) in [5, 5.41) is 24.3. The molecule has 0 aliphatic rings. The average Bonchev–Trinajstić information content (AvgIpc) is 2.91. The summed E-state index contributed by atoms with van der Waals surface area (Å²) in [6.07, 6.45) is 31.7. The van der Waals surface area contributed by atoms with Crippen molar-refractivity contribution in [2.45, 2.75) is 188 Å². The highest BCUT2D eigenvalue weighted by Crippen LogP contribution is 2.14. The summed E-state index contributed by atoms with van der Waals surface area (Å²) >= 11 is 0. The highest BCUT2D eigenvalue weighted by molar-refractivity contribution is 7.08. The molecular formula is C32H67O7P. The number of carboxylic acid groups (broad SMARTS) is 3. The number of unbranched alkanes of at least 4 members (excludes halogenated alkanes) is 22. The Balaban J connectivity index is -0.000000281. The fourth-order valence-corrected chi connectivity index (χ4v) is 4.23. The SMILES string of the molecule is CC(=O)O.CCCCCCCCCCCC(=O)O.CCCCCCCCCCCCCCCCCC(=O)O.OP. The molecule has 0 aliphatic heterocycles. The molecule has 7 nitrogen and oxygen atoms in total. The summed E-state index contributed by atoms with van der Waals surface area (Å²) in [6.45, 7) is 5.58. The molecule has 8 heteroatoms. The second-order valence-electron chi connectivity index (χ2n) is 10.6. The lowest BCUT2D eigenvalue weighted by atomic mass is 10.0. The Morgan fingerprint density at radius 3 is 0.700 bits per heavy atom. The summed E-state index contributed by atoms with van der Waals surface area (Å²) in [4.78, 5) is 36.5. The maximum atomic E-state index is 10.3. The molecule has 40 heavy (non-hydrogen) atoms. The fourth-order valence-electron chi connectivity index (χ4n) is 4.23. The van der Waals surface area contributed by atoms with E-state index in [0.29, 0.717) is 12.8 Å². The van der Waals surface area contributed by atoms with E-state index in [0.717, 1.165) is 32.6 Å². The molecule has 0 bridgehead atoms. The minimum Gasteiger partial charge on any atom is -0.481 e. The van der Waals surface area contributed by atoms with Crippen molar-refractivity contribution in [1.29, 1.82) is 0 Å². The Labute approximate surface area is 249 Å². The van der Waals surface area contributed by atoms with Crippen LogP contribution in [0, 0.1) is 0 Å². The first-order valence-corrected chi connectivity index (χ1v) is 16.7. The Hall–Kier alpha value is -1.20. The van der Waals surface area contributed by atoms with Crippen LogP contribution in [0.2, 0.25) is 0 Å². The molecule has 0 saturated heterocycles. The third-order valence-electron chi connectivity index (χ3n) is 6.49. The summed E-state index contributed by atoms with van der Waals surface area (Å²) in [5.41, 5.74) is 0. The molecule has 242 valence electrons. The van der Waals surface area contributed by atoms with Gasteiger partial charge in [-0.3, -0.25) is 14.4 Å². The third-order valence-corrected chi connectivity index (χ3v) is 6.49. The van der Waals surface area contributed by atoms with E-state index in [9.17, 15) is 9.59 Å². The van der Waals surface area contributed by atoms with Gasteiger partial charge in [0.05, 0.1) is 0 Å². The lowest BCUT2D eigenvalue weighted by molar-refractivity contribution is -0.138. The van der Waals surface area contributed by atoms with E-state index in [2.05, 4.69) is 13.8 Å². The van der Waals surface area contributed by atoms with E-state index in [1.165, 1.54) is 138 Å². The van der Waals surface area contributed by atoms with Crippen molar-refractivity contribution in [1.82, 2.24) is 0 Å². The summed E-state index contributed by atoms with van der Waals surface area (Å²) in [7, 11) is 1.42. The summed E-state index contributed by atoms with van der Waals surface area (Å²) in [5.74, 6) is -2.15. The summed E-state index contributed by atoms with van der Waals surface area (Å²) in [6, 6.07) is 0. The molecule has 0 saturated carbocycles. The van der Waals surface area contributed by atoms with Crippen LogP contribution < -0.4 is 0 Å². The predicted molar refractivity (Wildman–Crippen MR) is 172 cm³/mol. The van der Waals surface area contributed by atoms with Crippen molar-refractivity contribution in [2.24, 2.45) is 0 Å². The smallest absolute Gasteiger partial charge is 0.303 e. The molecule has 0 heterocycles. The second kappa shape index (κ2) is 44.8. The Morgan fingerprint density at radius 1 is 0.400 bits per heavy atom. The lowest BCUT2D eigenvalue weighted by Gasteiger charge is -2.03. The maximum absolute atomic E-state index is 10.3. The zero-order valence-electron chi connectivity index (χ0n) is 26.5. The fraction of sp³-hybridized carbons (Fsp3) is 0.906. The van der Waals surface area contributed by atoms with Gasteiger partial charge in [-0.1, -0.05) is 155 Å². The van der Waals surface area contributed by atoms with Gasteiger partial charge in [-0.15, -0.1) is 0 Å². The van der Waals surface area contributed by atoms with Crippen LogP contribution in [0.25, 0.3) is 0 Å². The third kappa shape index (κ3) is 65.7. The van der Waals surface area contributed by atoms with Crippen LogP contribution in [0.3, 0.4) is 0 Å². The average molecular weight is 595 g/mol. The quantitative estimate of drug-likeness (QED) is 0.0578. The van der Waals surface area contributed by atoms with Crippen LogP contribution in [0.5, 0.6) is 0 Å². The molecule has 0 aromatic carbocycles. The number of aliphatic carboxylic acids is 3. The van der Waals surface area contributed by atoms with E-state index in [1.807, 2.05) is 0 Å². The van der Waals surface area contributed by atoms with E-state index < -0.39 is 17.9 Å². The zero-order valence-corrected chi connectivity index (χ0v) is 27.6. The van der Waals surface area contributed by atoms with Gasteiger partial charge in [0.1, 0.15) is 0 Å². The van der Waals surface area contributed by atoms with Gasteiger partial charge in [0.15, 0.2) is 0 Å². The molecule has 0 amide bonds. The van der Waals surface area contributed by atoms with Crippen LogP contribution >= 0.6 is 9.47 Å². The van der Waals surface area contributed by atoms with E-state index in [-0.39, 0.29) is 0 Å². The Morgan fingerprint density at radius 2 is 0.550 bits per heavy atom. The standard InChI is InChI=1S/C18H36O2.C12H24O2.C2H4O2.H3OP/c1-2-3-4-5-6-7-8-9-10-11-12-13-14-15-16-17-18(19)20;1-2-3-4-5-6-7-8-9-10-11-12(13)14;1-2(3)4;1-2/h2-17H2,1H3,(H,19,20);2-11H2,1H3,(H,13,14);1H3,(H,3,4);1H,2H2. The van der Waals surface area contributed by atoms with Crippen molar-refractivity contribution >= 4 is 27.4 Å². The van der Waals surface area contributed by atoms with Gasteiger partial charge in [-0.05, 0) is 22.3 Å². The van der Waals surface area contributed by atoms with Gasteiger partial charge in [0.2, 0.25) is 0 Å². The molecule has 4 N–H and O–H groups in total. The largest absolute Gasteiger partial charge is 0.481 e. The van der Waals surface area contributed by atoms with Gasteiger partial charge in [-0.25, -0.2) is 0 Å². The van der Waals surface area contributed by atoms with Crippen LogP contribution in [0.4, 0.5) is 0 Å². The van der Waals surface area contributed by atoms with Crippen LogP contribution in [0.15, 0.2) is 0 Å². The Kier molecular flexibility index (Phi) is 51.3. The van der Waals surface area contributed by atoms with Gasteiger partial charge in [-0.2, -0.15) is 0 Å². The van der Waals surface area contributed by atoms with Crippen molar-refractivity contribution < 1.29 is 34.6 Å². The first-order chi connectivity index (χ1) is 19.3. The molecule has 1 atom stereocenters. The topological polar surface area (TPSA) is 132 Å². The van der Waals surface area contributed by atoms with Crippen molar-refractivity contribution in [3.63, 3.8) is 0 Å². The molecule has 0 aliphatic carbocycles. The number of carboxylic acids is 3. The molecule has 0 radical (unpaired) electrons. The van der Waals surface area contributed by atoms with Gasteiger partial charge in [0, 0.05) is 19.8 Å². The van der Waals surface area contributed by atoms with Crippen LogP contribution in [-0.4, -0.2) is 38.1 Å². The predicted octanol–water partition coefficient (Wildman–Crippen LogP) is 10.2. The van der Waals surface area contributed by atoms with E-state index in [1.54, 1.807) is 0 Å². The van der Waals surface area contributed by atoms with Gasteiger partial charge < -0.3 is 20.2 Å². The Bertz CT molecular complexity index is 498. The van der Waals surface area contributed by atoms with E-state index in [4.69, 9.17) is 25.0 Å². The van der Waals surface area contributed by atoms with Crippen molar-refractivity contribution in [3.05, 3.63) is 0 Å². The first kappa shape index (κ1) is 45.8. The molecule has 0 aromatic heterocycles. The molecule has 0 rings (SSSR count). The number of hydrogen-bond acceptors (Lipinski definition) is 4. The number of hydrogen-bond donors (Lipinski definition) is 4. The molecule has 1 unspecified atom stereocenters. The molecule has 0 spiro atoms. The number of carbonyl (C=O) groups is 3. The minimum atomic E-state index is -0.833. The molecular weight excluding hydrogens is 527 g/mol. The van der Waals surface area contributed by atoms with E-state index >= 15 is 0 Å². The molecule has 0 fully saturated rings. The second-order valence-corrected chi connectivity index (χ2v) is 10.6. The first-order valence-electron chi connectivity index (χ1n) is 16.2. The van der Waals surface area contributed by atoms with Crippen molar-refractivity contribution in [3.8, 4) is 0 Å². The van der Waals surface area contributed by atoms with Crippen LogP contribution in [-0.2, 0) is 14.4 Å². The zero-order chi connectivity index (χ0) is 31.1. The monoisotopic (exact) mass is 594 g/mol.